The minimum atomic E-state index is -0.680. The highest BCUT2D eigenvalue weighted by Crippen LogP contribution is 2.33. The van der Waals surface area contributed by atoms with Gasteiger partial charge in [-0.25, -0.2) is 0 Å². The van der Waals surface area contributed by atoms with Crippen molar-refractivity contribution in [1.82, 2.24) is 5.32 Å². The highest BCUT2D eigenvalue weighted by atomic mass is 16.3. The average Bonchev–Trinajstić information content (AvgIpc) is 2.94. The Balaban J connectivity index is 2.40. The minimum absolute atomic E-state index is 0.0573. The second-order valence-electron chi connectivity index (χ2n) is 7.54. The number of amides is 1. The van der Waals surface area contributed by atoms with Gasteiger partial charge in [0, 0.05) is 31.2 Å². The number of unbranched alkanes of at least 4 members (excludes halogenated alkanes) is 3. The SMILES string of the molecule is CCCCC[C@H](O)/C=C/[C@@H]1C(C/C=C\CCCC(=O)NCCO)C(=O)C[C@H]1O. The number of allylic oxidation sites excluding steroid dienone is 2. The monoisotopic (exact) mass is 395 g/mol. The van der Waals surface area contributed by atoms with Crippen molar-refractivity contribution in [3.8, 4) is 0 Å². The van der Waals surface area contributed by atoms with Gasteiger partial charge < -0.3 is 20.6 Å². The summed E-state index contributed by atoms with van der Waals surface area (Å²) in [5.74, 6) is -0.504. The Kier molecular flexibility index (Phi) is 12.7. The fourth-order valence-corrected chi connectivity index (χ4v) is 3.51. The summed E-state index contributed by atoms with van der Waals surface area (Å²) in [4.78, 5) is 23.6. The minimum Gasteiger partial charge on any atom is -0.395 e. The van der Waals surface area contributed by atoms with Crippen molar-refractivity contribution in [2.45, 2.75) is 76.9 Å². The Morgan fingerprint density at radius 1 is 1.29 bits per heavy atom. The zero-order valence-corrected chi connectivity index (χ0v) is 17.1. The average molecular weight is 396 g/mol. The van der Waals surface area contributed by atoms with Crippen LogP contribution in [-0.2, 0) is 9.59 Å². The molecule has 4 N–H and O–H groups in total. The molecule has 0 aromatic heterocycles. The van der Waals surface area contributed by atoms with E-state index in [0.29, 0.717) is 25.7 Å². The lowest BCUT2D eigenvalue weighted by Gasteiger charge is -2.16. The Hall–Kier alpha value is -1.50. The van der Waals surface area contributed by atoms with Gasteiger partial charge in [0.15, 0.2) is 0 Å². The molecule has 1 saturated carbocycles. The van der Waals surface area contributed by atoms with Crippen molar-refractivity contribution in [3.63, 3.8) is 0 Å². The van der Waals surface area contributed by atoms with Crippen molar-refractivity contribution in [1.29, 1.82) is 0 Å². The van der Waals surface area contributed by atoms with E-state index in [1.807, 2.05) is 18.2 Å². The van der Waals surface area contributed by atoms with Gasteiger partial charge in [0.1, 0.15) is 5.78 Å². The molecule has 0 aromatic carbocycles. The number of carbonyl (C=O) groups is 2. The molecule has 1 rings (SSSR count). The van der Waals surface area contributed by atoms with E-state index in [1.54, 1.807) is 6.08 Å². The van der Waals surface area contributed by atoms with E-state index in [0.717, 1.165) is 25.7 Å². The molecule has 0 spiro atoms. The smallest absolute Gasteiger partial charge is 0.220 e. The summed E-state index contributed by atoms with van der Waals surface area (Å²) in [7, 11) is 0. The molecule has 0 aromatic rings. The third kappa shape index (κ3) is 9.62. The van der Waals surface area contributed by atoms with Crippen LogP contribution in [0.3, 0.4) is 0 Å². The predicted molar refractivity (Wildman–Crippen MR) is 110 cm³/mol. The lowest BCUT2D eigenvalue weighted by molar-refractivity contribution is -0.122. The molecule has 1 aliphatic rings. The molecule has 28 heavy (non-hydrogen) atoms. The fraction of sp³-hybridized carbons (Fsp3) is 0.727. The highest BCUT2D eigenvalue weighted by molar-refractivity contribution is 5.84. The maximum atomic E-state index is 12.2. The number of hydrogen-bond donors (Lipinski definition) is 4. The molecule has 0 bridgehead atoms. The Morgan fingerprint density at radius 3 is 2.79 bits per heavy atom. The van der Waals surface area contributed by atoms with Crippen LogP contribution >= 0.6 is 0 Å². The fourth-order valence-electron chi connectivity index (χ4n) is 3.51. The lowest BCUT2D eigenvalue weighted by Crippen LogP contribution is -2.25. The predicted octanol–water partition coefficient (Wildman–Crippen LogP) is 2.28. The first kappa shape index (κ1) is 24.5. The number of aliphatic hydroxyl groups excluding tert-OH is 3. The summed E-state index contributed by atoms with van der Waals surface area (Å²) in [6.45, 7) is 2.34. The van der Waals surface area contributed by atoms with Crippen LogP contribution in [-0.4, -0.2) is 52.4 Å². The summed E-state index contributed by atoms with van der Waals surface area (Å²) in [5.41, 5.74) is 0. The van der Waals surface area contributed by atoms with Crippen LogP contribution in [0.5, 0.6) is 0 Å². The molecule has 160 valence electrons. The molecule has 1 unspecified atom stereocenters. The first-order valence-corrected chi connectivity index (χ1v) is 10.6. The molecule has 6 nitrogen and oxygen atoms in total. The summed E-state index contributed by atoms with van der Waals surface area (Å²) in [6, 6.07) is 0. The molecule has 0 aliphatic heterocycles. The standard InChI is InChI=1S/C22H37NO5/c1-2-3-6-9-17(25)12-13-19-18(20(26)16-21(19)27)10-7-4-5-8-11-22(28)23-14-15-24/h4,7,12-13,17-19,21,24-25,27H,2-3,5-6,8-11,14-16H2,1H3,(H,23,28)/b7-4-,13-12+/t17-,18?,19+,21+/m0/s1. The van der Waals surface area contributed by atoms with Crippen molar-refractivity contribution in [2.75, 3.05) is 13.2 Å². The van der Waals surface area contributed by atoms with Gasteiger partial charge in [0.2, 0.25) is 5.91 Å². The second-order valence-corrected chi connectivity index (χ2v) is 7.54. The topological polar surface area (TPSA) is 107 Å². The number of Topliss-reactive ketones (excluding diaryl/α,β-unsaturated/α-hetero) is 1. The zero-order valence-electron chi connectivity index (χ0n) is 17.1. The molecular weight excluding hydrogens is 358 g/mol. The quantitative estimate of drug-likeness (QED) is 0.267. The molecular formula is C22H37NO5. The summed E-state index contributed by atoms with van der Waals surface area (Å²) >= 11 is 0. The van der Waals surface area contributed by atoms with Crippen LogP contribution in [0.4, 0.5) is 0 Å². The van der Waals surface area contributed by atoms with Gasteiger partial charge >= 0.3 is 0 Å². The maximum Gasteiger partial charge on any atom is 0.220 e. The van der Waals surface area contributed by atoms with Gasteiger partial charge in [0.05, 0.1) is 18.8 Å². The summed E-state index contributed by atoms with van der Waals surface area (Å²) in [6.07, 6.45) is 12.7. The lowest BCUT2D eigenvalue weighted by atomic mass is 9.90. The Bertz CT molecular complexity index is 517. The van der Waals surface area contributed by atoms with Gasteiger partial charge in [-0.1, -0.05) is 50.5 Å². The van der Waals surface area contributed by atoms with Crippen LogP contribution in [0, 0.1) is 11.8 Å². The summed E-state index contributed by atoms with van der Waals surface area (Å²) in [5, 5.41) is 31.5. The van der Waals surface area contributed by atoms with Gasteiger partial charge in [0.25, 0.3) is 0 Å². The number of nitrogens with one attached hydrogen (secondary N) is 1. The van der Waals surface area contributed by atoms with E-state index >= 15 is 0 Å². The van der Waals surface area contributed by atoms with Crippen molar-refractivity contribution in [3.05, 3.63) is 24.3 Å². The molecule has 1 aliphatic carbocycles. The van der Waals surface area contributed by atoms with E-state index < -0.39 is 12.2 Å². The largest absolute Gasteiger partial charge is 0.395 e. The molecule has 0 heterocycles. The maximum absolute atomic E-state index is 12.2. The van der Waals surface area contributed by atoms with Gasteiger partial charge in [-0.15, -0.1) is 0 Å². The Morgan fingerprint density at radius 2 is 2.07 bits per heavy atom. The number of hydrogen-bond acceptors (Lipinski definition) is 5. The van der Waals surface area contributed by atoms with Crippen molar-refractivity contribution < 1.29 is 24.9 Å². The number of rotatable bonds is 14. The first-order chi connectivity index (χ1) is 13.5. The van der Waals surface area contributed by atoms with Crippen LogP contribution in [0.25, 0.3) is 0 Å². The number of aliphatic hydroxyl groups is 3. The van der Waals surface area contributed by atoms with E-state index in [1.165, 1.54) is 0 Å². The van der Waals surface area contributed by atoms with Gasteiger partial charge in [-0.05, 0) is 25.7 Å². The molecule has 1 amide bonds. The van der Waals surface area contributed by atoms with Crippen LogP contribution in [0.15, 0.2) is 24.3 Å². The van der Waals surface area contributed by atoms with Crippen LogP contribution in [0.1, 0.15) is 64.7 Å². The van der Waals surface area contributed by atoms with E-state index in [9.17, 15) is 19.8 Å². The molecule has 4 atom stereocenters. The van der Waals surface area contributed by atoms with Crippen molar-refractivity contribution >= 4 is 11.7 Å². The third-order valence-electron chi connectivity index (χ3n) is 5.16. The first-order valence-electron chi connectivity index (χ1n) is 10.6. The van der Waals surface area contributed by atoms with Crippen molar-refractivity contribution in [2.24, 2.45) is 11.8 Å². The highest BCUT2D eigenvalue weighted by Gasteiger charge is 2.39. The normalized spacial score (nSPS) is 23.7. The van der Waals surface area contributed by atoms with Crippen LogP contribution in [0.2, 0.25) is 0 Å². The van der Waals surface area contributed by atoms with E-state index in [4.69, 9.17) is 5.11 Å². The third-order valence-corrected chi connectivity index (χ3v) is 5.16. The second kappa shape index (κ2) is 14.5. The van der Waals surface area contributed by atoms with Gasteiger partial charge in [-0.2, -0.15) is 0 Å². The number of ketones is 1. The molecule has 1 fully saturated rings. The van der Waals surface area contributed by atoms with Gasteiger partial charge in [-0.3, -0.25) is 9.59 Å². The summed E-state index contributed by atoms with van der Waals surface area (Å²) < 4.78 is 0. The molecule has 0 saturated heterocycles. The molecule has 6 heteroatoms. The zero-order chi connectivity index (χ0) is 20.8. The van der Waals surface area contributed by atoms with E-state index in [2.05, 4.69) is 12.2 Å². The van der Waals surface area contributed by atoms with Crippen LogP contribution < -0.4 is 5.32 Å². The number of carbonyl (C=O) groups excluding carboxylic acids is 2. The Labute approximate surface area is 168 Å². The van der Waals surface area contributed by atoms with E-state index in [-0.39, 0.29) is 43.1 Å². The molecule has 0 radical (unpaired) electrons.